The van der Waals surface area contributed by atoms with Gasteiger partial charge < -0.3 is 21.7 Å². The number of carbonyl (C=O) groups is 3. The second-order valence-corrected chi connectivity index (χ2v) is 5.11. The quantitative estimate of drug-likeness (QED) is 0.648. The van der Waals surface area contributed by atoms with Crippen LogP contribution in [0.1, 0.15) is 17.3 Å². The highest BCUT2D eigenvalue weighted by Gasteiger charge is 2.05. The molecule has 0 aliphatic heterocycles. The van der Waals surface area contributed by atoms with Gasteiger partial charge in [-0.05, 0) is 42.5 Å². The van der Waals surface area contributed by atoms with E-state index in [2.05, 4.69) is 16.0 Å². The molecule has 0 saturated carbocycles. The maximum atomic E-state index is 11.9. The van der Waals surface area contributed by atoms with E-state index in [0.717, 1.165) is 0 Å². The van der Waals surface area contributed by atoms with Crippen LogP contribution in [-0.2, 0) is 9.59 Å². The van der Waals surface area contributed by atoms with Crippen molar-refractivity contribution >= 4 is 34.8 Å². The van der Waals surface area contributed by atoms with Crippen LogP contribution < -0.4 is 21.7 Å². The van der Waals surface area contributed by atoms with Crippen LogP contribution in [0.5, 0.6) is 0 Å². The number of rotatable bonds is 6. The molecule has 2 rings (SSSR count). The molecule has 124 valence electrons. The second-order valence-electron chi connectivity index (χ2n) is 5.11. The Balaban J connectivity index is 1.88. The van der Waals surface area contributed by atoms with Crippen molar-refractivity contribution in [3.05, 3.63) is 54.1 Å². The largest absolute Gasteiger partial charge is 0.376 e. The maximum Gasteiger partial charge on any atom is 0.248 e. The zero-order valence-corrected chi connectivity index (χ0v) is 13.1. The number of nitrogens with one attached hydrogen (secondary N) is 3. The summed E-state index contributed by atoms with van der Waals surface area (Å²) in [4.78, 5) is 34.0. The van der Waals surface area contributed by atoms with Gasteiger partial charge >= 0.3 is 0 Å². The van der Waals surface area contributed by atoms with Crippen molar-refractivity contribution in [1.29, 1.82) is 0 Å². The van der Waals surface area contributed by atoms with Crippen LogP contribution >= 0.6 is 0 Å². The zero-order valence-electron chi connectivity index (χ0n) is 13.1. The predicted octanol–water partition coefficient (Wildman–Crippen LogP) is 1.79. The molecule has 0 atom stereocenters. The van der Waals surface area contributed by atoms with E-state index in [1.807, 2.05) is 0 Å². The van der Waals surface area contributed by atoms with Crippen molar-refractivity contribution in [2.45, 2.75) is 6.92 Å². The van der Waals surface area contributed by atoms with Gasteiger partial charge in [0.25, 0.3) is 0 Å². The monoisotopic (exact) mass is 326 g/mol. The number of hydrogen-bond donors (Lipinski definition) is 4. The minimum atomic E-state index is -0.526. The summed E-state index contributed by atoms with van der Waals surface area (Å²) < 4.78 is 0. The van der Waals surface area contributed by atoms with Crippen molar-refractivity contribution in [3.8, 4) is 0 Å². The Morgan fingerprint density at radius 1 is 0.917 bits per heavy atom. The van der Waals surface area contributed by atoms with E-state index in [1.165, 1.54) is 6.92 Å². The number of hydrogen-bond acceptors (Lipinski definition) is 4. The summed E-state index contributed by atoms with van der Waals surface area (Å²) in [5.74, 6) is -0.928. The highest BCUT2D eigenvalue weighted by molar-refractivity contribution is 5.95. The lowest BCUT2D eigenvalue weighted by molar-refractivity contribution is -0.115. The number of benzene rings is 2. The van der Waals surface area contributed by atoms with Crippen LogP contribution in [0.2, 0.25) is 0 Å². The fourth-order valence-corrected chi connectivity index (χ4v) is 2.01. The molecule has 0 aliphatic rings. The predicted molar refractivity (Wildman–Crippen MR) is 92.8 cm³/mol. The van der Waals surface area contributed by atoms with Gasteiger partial charge in [0, 0.05) is 29.5 Å². The molecule has 0 saturated heterocycles. The van der Waals surface area contributed by atoms with E-state index in [9.17, 15) is 14.4 Å². The number of amides is 3. The fraction of sp³-hybridized carbons (Fsp3) is 0.118. The lowest BCUT2D eigenvalue weighted by Gasteiger charge is -2.09. The fourth-order valence-electron chi connectivity index (χ4n) is 2.01. The molecule has 2 aromatic rings. The molecule has 0 aliphatic carbocycles. The summed E-state index contributed by atoms with van der Waals surface area (Å²) in [7, 11) is 0. The van der Waals surface area contributed by atoms with Gasteiger partial charge in [0.2, 0.25) is 17.7 Å². The van der Waals surface area contributed by atoms with E-state index in [4.69, 9.17) is 5.73 Å². The van der Waals surface area contributed by atoms with Crippen molar-refractivity contribution < 1.29 is 14.4 Å². The molecule has 2 aromatic carbocycles. The average Bonchev–Trinajstić information content (AvgIpc) is 2.54. The van der Waals surface area contributed by atoms with Gasteiger partial charge in [0.1, 0.15) is 0 Å². The lowest BCUT2D eigenvalue weighted by Crippen LogP contribution is -2.22. The van der Waals surface area contributed by atoms with Gasteiger partial charge in [-0.1, -0.05) is 6.07 Å². The van der Waals surface area contributed by atoms with Gasteiger partial charge in [0.15, 0.2) is 0 Å². The summed E-state index contributed by atoms with van der Waals surface area (Å²) in [5.41, 5.74) is 7.47. The standard InChI is InChI=1S/C17H18N4O3/c1-11(22)20-13-5-7-14(8-6-13)21-16(23)10-19-15-4-2-3-12(9-15)17(18)24/h2-9,19H,10H2,1H3,(H2,18,24)(H,20,22)(H,21,23). The first-order valence-electron chi connectivity index (χ1n) is 7.25. The SMILES string of the molecule is CC(=O)Nc1ccc(NC(=O)CNc2cccc(C(N)=O)c2)cc1. The molecule has 0 aromatic heterocycles. The first-order chi connectivity index (χ1) is 11.4. The third-order valence-electron chi connectivity index (χ3n) is 3.09. The van der Waals surface area contributed by atoms with E-state index >= 15 is 0 Å². The normalized spacial score (nSPS) is 9.88. The van der Waals surface area contributed by atoms with Crippen LogP contribution in [0.25, 0.3) is 0 Å². The van der Waals surface area contributed by atoms with Crippen molar-refractivity contribution in [3.63, 3.8) is 0 Å². The van der Waals surface area contributed by atoms with E-state index in [1.54, 1.807) is 48.5 Å². The van der Waals surface area contributed by atoms with E-state index in [0.29, 0.717) is 22.6 Å². The highest BCUT2D eigenvalue weighted by atomic mass is 16.2. The molecular weight excluding hydrogens is 308 g/mol. The van der Waals surface area contributed by atoms with Crippen LogP contribution in [0.3, 0.4) is 0 Å². The molecule has 0 radical (unpaired) electrons. The number of primary amides is 1. The van der Waals surface area contributed by atoms with E-state index in [-0.39, 0.29) is 18.4 Å². The van der Waals surface area contributed by atoms with Crippen molar-refractivity contribution in [1.82, 2.24) is 0 Å². The average molecular weight is 326 g/mol. The zero-order chi connectivity index (χ0) is 17.5. The Labute approximate surface area is 139 Å². The van der Waals surface area contributed by atoms with Gasteiger partial charge in [-0.2, -0.15) is 0 Å². The molecule has 0 fully saturated rings. The highest BCUT2D eigenvalue weighted by Crippen LogP contribution is 2.14. The molecule has 0 heterocycles. The maximum absolute atomic E-state index is 11.9. The molecule has 7 nitrogen and oxygen atoms in total. The summed E-state index contributed by atoms with van der Waals surface area (Å²) in [6.45, 7) is 1.46. The Kier molecular flexibility index (Phi) is 5.51. The number of anilines is 3. The second kappa shape index (κ2) is 7.77. The Hall–Kier alpha value is -3.35. The molecule has 7 heteroatoms. The topological polar surface area (TPSA) is 113 Å². The number of carbonyl (C=O) groups excluding carboxylic acids is 3. The first kappa shape index (κ1) is 17.0. The molecule has 3 amide bonds. The molecule has 24 heavy (non-hydrogen) atoms. The Morgan fingerprint density at radius 2 is 1.54 bits per heavy atom. The summed E-state index contributed by atoms with van der Waals surface area (Å²) >= 11 is 0. The Morgan fingerprint density at radius 3 is 2.12 bits per heavy atom. The minimum Gasteiger partial charge on any atom is -0.376 e. The third-order valence-corrected chi connectivity index (χ3v) is 3.09. The van der Waals surface area contributed by atoms with Gasteiger partial charge in [-0.15, -0.1) is 0 Å². The van der Waals surface area contributed by atoms with Crippen LogP contribution in [0.15, 0.2) is 48.5 Å². The summed E-state index contributed by atoms with van der Waals surface area (Å²) in [5, 5.41) is 8.29. The first-order valence-corrected chi connectivity index (χ1v) is 7.25. The minimum absolute atomic E-state index is 0.0374. The molecule has 0 spiro atoms. The molecule has 0 bridgehead atoms. The van der Waals surface area contributed by atoms with Crippen LogP contribution in [0, 0.1) is 0 Å². The summed E-state index contributed by atoms with van der Waals surface area (Å²) in [6, 6.07) is 13.4. The van der Waals surface area contributed by atoms with Gasteiger partial charge in [0.05, 0.1) is 6.54 Å². The molecular formula is C17H18N4O3. The molecule has 0 unspecified atom stereocenters. The lowest BCUT2D eigenvalue weighted by atomic mass is 10.2. The smallest absolute Gasteiger partial charge is 0.248 e. The van der Waals surface area contributed by atoms with Gasteiger partial charge in [-0.3, -0.25) is 14.4 Å². The molecule has 5 N–H and O–H groups in total. The van der Waals surface area contributed by atoms with Gasteiger partial charge in [-0.25, -0.2) is 0 Å². The number of nitrogens with two attached hydrogens (primary N) is 1. The third kappa shape index (κ3) is 5.13. The van der Waals surface area contributed by atoms with Crippen LogP contribution in [-0.4, -0.2) is 24.3 Å². The summed E-state index contributed by atoms with van der Waals surface area (Å²) in [6.07, 6.45) is 0. The van der Waals surface area contributed by atoms with Crippen molar-refractivity contribution in [2.24, 2.45) is 5.73 Å². The van der Waals surface area contributed by atoms with E-state index < -0.39 is 5.91 Å². The van der Waals surface area contributed by atoms with Crippen molar-refractivity contribution in [2.75, 3.05) is 22.5 Å². The van der Waals surface area contributed by atoms with Crippen LogP contribution in [0.4, 0.5) is 17.1 Å². The Bertz CT molecular complexity index is 757.